The topological polar surface area (TPSA) is 50.9 Å². The van der Waals surface area contributed by atoms with E-state index in [1.807, 2.05) is 43.5 Å². The lowest BCUT2D eigenvalue weighted by Crippen LogP contribution is -3.15. The average Bonchev–Trinajstić information content (AvgIpc) is 2.59. The Hall–Kier alpha value is -1.92. The first-order valence-corrected chi connectivity index (χ1v) is 9.02. The van der Waals surface area contributed by atoms with Crippen molar-refractivity contribution in [1.29, 1.82) is 0 Å². The van der Waals surface area contributed by atoms with Gasteiger partial charge in [0.2, 0.25) is 0 Å². The van der Waals surface area contributed by atoms with Crippen LogP contribution in [-0.4, -0.2) is 38.6 Å². The predicted molar refractivity (Wildman–Crippen MR) is 98.3 cm³/mol. The van der Waals surface area contributed by atoms with Crippen LogP contribution in [0, 0.1) is 6.92 Å². The fourth-order valence-electron chi connectivity index (χ4n) is 3.01. The van der Waals surface area contributed by atoms with Gasteiger partial charge < -0.3 is 10.2 Å². The van der Waals surface area contributed by atoms with E-state index >= 15 is 0 Å². The molecule has 1 saturated heterocycles. The molecule has 0 bridgehead atoms. The van der Waals surface area contributed by atoms with E-state index in [1.165, 1.54) is 4.90 Å². The first kappa shape index (κ1) is 16.9. The molecule has 6 heteroatoms. The maximum absolute atomic E-state index is 12.3. The van der Waals surface area contributed by atoms with E-state index in [1.54, 1.807) is 0 Å². The van der Waals surface area contributed by atoms with Crippen LogP contribution in [0.2, 0.25) is 0 Å². The van der Waals surface area contributed by atoms with Crippen LogP contribution in [0.5, 0.6) is 0 Å². The van der Waals surface area contributed by atoms with Crippen LogP contribution < -0.4 is 20.1 Å². The molecule has 1 fully saturated rings. The second kappa shape index (κ2) is 7.77. The Morgan fingerprint density at radius 3 is 2.75 bits per heavy atom. The zero-order valence-corrected chi connectivity index (χ0v) is 15.4. The molecule has 0 radical (unpaired) electrons. The number of hydrogen-bond donors (Lipinski definition) is 2. The Morgan fingerprint density at radius 2 is 2.08 bits per heavy atom. The lowest BCUT2D eigenvalue weighted by molar-refractivity contribution is -0.892. The van der Waals surface area contributed by atoms with E-state index in [9.17, 15) is 4.79 Å². The van der Waals surface area contributed by atoms with Gasteiger partial charge in [-0.2, -0.15) is 0 Å². The number of pyridine rings is 1. The van der Waals surface area contributed by atoms with Gasteiger partial charge in [0, 0.05) is 16.2 Å². The van der Waals surface area contributed by atoms with Gasteiger partial charge in [-0.1, -0.05) is 22.0 Å². The van der Waals surface area contributed by atoms with E-state index < -0.39 is 0 Å². The Kier molecular flexibility index (Phi) is 5.48. The highest BCUT2D eigenvalue weighted by Gasteiger charge is 2.27. The smallest absolute Gasteiger partial charge is 0.279 e. The van der Waals surface area contributed by atoms with Gasteiger partial charge in [0.15, 0.2) is 6.54 Å². The molecule has 0 atom stereocenters. The number of aryl methyl sites for hydroxylation is 1. The standard InChI is InChI=1S/C18H21BrN4O/c1-14-12-15(19)5-6-16(14)21-18(24)13-22-8-10-23(11-9-22)17-4-2-3-7-20-17/h2-7,12H,8-11,13H2,1H3,(H,21,24)/p+2. The highest BCUT2D eigenvalue weighted by Crippen LogP contribution is 2.19. The molecule has 2 heterocycles. The summed E-state index contributed by atoms with van der Waals surface area (Å²) in [6.45, 7) is 6.37. The molecular weight excluding hydrogens is 368 g/mol. The third-order valence-electron chi connectivity index (χ3n) is 4.38. The molecule has 1 amide bonds. The summed E-state index contributed by atoms with van der Waals surface area (Å²) in [7, 11) is 0. The summed E-state index contributed by atoms with van der Waals surface area (Å²) in [4.78, 5) is 19.2. The molecule has 3 N–H and O–H groups in total. The number of H-pyrrole nitrogens is 1. The fraction of sp³-hybridized carbons (Fsp3) is 0.333. The summed E-state index contributed by atoms with van der Waals surface area (Å²) in [6.07, 6.45) is 1.95. The number of hydrogen-bond acceptors (Lipinski definition) is 2. The number of nitrogens with one attached hydrogen (secondary N) is 3. The molecule has 0 aliphatic carbocycles. The van der Waals surface area contributed by atoms with Crippen molar-refractivity contribution < 1.29 is 14.7 Å². The van der Waals surface area contributed by atoms with Crippen LogP contribution >= 0.6 is 15.9 Å². The maximum atomic E-state index is 12.3. The maximum Gasteiger partial charge on any atom is 0.279 e. The van der Waals surface area contributed by atoms with E-state index in [2.05, 4.69) is 37.2 Å². The van der Waals surface area contributed by atoms with Crippen molar-refractivity contribution in [3.8, 4) is 0 Å². The van der Waals surface area contributed by atoms with Crippen molar-refractivity contribution >= 4 is 33.3 Å². The molecule has 24 heavy (non-hydrogen) atoms. The van der Waals surface area contributed by atoms with E-state index in [0.29, 0.717) is 6.54 Å². The van der Waals surface area contributed by atoms with Crippen LogP contribution in [0.1, 0.15) is 5.56 Å². The highest BCUT2D eigenvalue weighted by molar-refractivity contribution is 9.10. The molecule has 0 saturated carbocycles. The van der Waals surface area contributed by atoms with Crippen molar-refractivity contribution in [3.05, 3.63) is 52.6 Å². The molecule has 1 aromatic carbocycles. The van der Waals surface area contributed by atoms with Crippen molar-refractivity contribution in [2.24, 2.45) is 0 Å². The van der Waals surface area contributed by atoms with Gasteiger partial charge in [-0.25, -0.2) is 4.98 Å². The number of nitrogens with zero attached hydrogens (tertiary/aromatic N) is 1. The second-order valence-corrected chi connectivity index (χ2v) is 7.08. The van der Waals surface area contributed by atoms with Crippen LogP contribution in [0.15, 0.2) is 47.1 Å². The summed E-state index contributed by atoms with van der Waals surface area (Å²) < 4.78 is 1.03. The lowest BCUT2D eigenvalue weighted by Gasteiger charge is -2.27. The number of carbonyl (C=O) groups excluding carboxylic acids is 1. The van der Waals surface area contributed by atoms with Gasteiger partial charge in [0.1, 0.15) is 26.2 Å². The largest absolute Gasteiger partial charge is 0.321 e. The lowest BCUT2D eigenvalue weighted by atomic mass is 10.2. The Labute approximate surface area is 150 Å². The number of anilines is 2. The first-order chi connectivity index (χ1) is 11.6. The van der Waals surface area contributed by atoms with E-state index in [0.717, 1.165) is 47.7 Å². The molecule has 5 nitrogen and oxygen atoms in total. The normalized spacial score (nSPS) is 15.3. The van der Waals surface area contributed by atoms with Gasteiger partial charge in [-0.05, 0) is 36.8 Å². The summed E-state index contributed by atoms with van der Waals surface area (Å²) in [6, 6.07) is 12.0. The van der Waals surface area contributed by atoms with Gasteiger partial charge in [0.05, 0.1) is 6.20 Å². The summed E-state index contributed by atoms with van der Waals surface area (Å²) in [5.74, 6) is 1.22. The van der Waals surface area contributed by atoms with Gasteiger partial charge in [-0.15, -0.1) is 0 Å². The minimum atomic E-state index is 0.0788. The third-order valence-corrected chi connectivity index (χ3v) is 4.87. The second-order valence-electron chi connectivity index (χ2n) is 6.17. The molecule has 1 aliphatic heterocycles. The Bertz CT molecular complexity index is 699. The number of rotatable bonds is 4. The Balaban J connectivity index is 1.50. The van der Waals surface area contributed by atoms with Crippen LogP contribution in [0.4, 0.5) is 11.5 Å². The Morgan fingerprint density at radius 1 is 1.29 bits per heavy atom. The molecule has 0 unspecified atom stereocenters. The fourth-order valence-corrected chi connectivity index (χ4v) is 3.49. The SMILES string of the molecule is Cc1cc(Br)ccc1NC(=O)C[NH+]1CCN(c2cccc[nH+]2)CC1. The van der Waals surface area contributed by atoms with Crippen molar-refractivity contribution in [3.63, 3.8) is 0 Å². The molecular formula is C18H23BrN4O+2. The average molecular weight is 391 g/mol. The number of halogens is 1. The zero-order chi connectivity index (χ0) is 16.9. The van der Waals surface area contributed by atoms with Gasteiger partial charge >= 0.3 is 0 Å². The molecule has 0 spiro atoms. The van der Waals surface area contributed by atoms with Crippen LogP contribution in [-0.2, 0) is 4.79 Å². The van der Waals surface area contributed by atoms with Crippen molar-refractivity contribution in [2.45, 2.75) is 6.92 Å². The highest BCUT2D eigenvalue weighted by atomic mass is 79.9. The van der Waals surface area contributed by atoms with Gasteiger partial charge in [0.25, 0.3) is 11.7 Å². The molecule has 126 valence electrons. The summed E-state index contributed by atoms with van der Waals surface area (Å²) in [5.41, 5.74) is 1.96. The number of carbonyl (C=O) groups is 1. The summed E-state index contributed by atoms with van der Waals surface area (Å²) >= 11 is 3.44. The molecule has 1 aliphatic rings. The van der Waals surface area contributed by atoms with Crippen molar-refractivity contribution in [2.75, 3.05) is 42.9 Å². The predicted octanol–water partition coefficient (Wildman–Crippen LogP) is 0.915. The minimum Gasteiger partial charge on any atom is -0.321 e. The van der Waals surface area contributed by atoms with E-state index in [-0.39, 0.29) is 5.91 Å². The molecule has 2 aromatic rings. The van der Waals surface area contributed by atoms with Crippen molar-refractivity contribution in [1.82, 2.24) is 0 Å². The summed E-state index contributed by atoms with van der Waals surface area (Å²) in [5, 5.41) is 3.03. The van der Waals surface area contributed by atoms with Gasteiger partial charge in [-0.3, -0.25) is 9.69 Å². The van der Waals surface area contributed by atoms with Crippen LogP contribution in [0.3, 0.4) is 0 Å². The number of benzene rings is 1. The first-order valence-electron chi connectivity index (χ1n) is 8.23. The number of aromatic nitrogens is 1. The zero-order valence-electron chi connectivity index (χ0n) is 13.8. The molecule has 3 rings (SSSR count). The minimum absolute atomic E-state index is 0.0788. The van der Waals surface area contributed by atoms with Crippen LogP contribution in [0.25, 0.3) is 0 Å². The number of amides is 1. The number of piperazine rings is 1. The quantitative estimate of drug-likeness (QED) is 0.815. The number of quaternary nitrogens is 1. The van der Waals surface area contributed by atoms with E-state index in [4.69, 9.17) is 0 Å². The third kappa shape index (κ3) is 4.33. The molecule has 1 aromatic heterocycles. The number of aromatic amines is 1. The monoisotopic (exact) mass is 390 g/mol.